The van der Waals surface area contributed by atoms with E-state index < -0.39 is 0 Å². The zero-order valence-electron chi connectivity index (χ0n) is 1.82. The molecule has 1 aliphatic rings. The maximum atomic E-state index is 4.31. The molecule has 2 nitrogen and oxygen atoms in total. The van der Waals surface area contributed by atoms with E-state index in [1.54, 1.807) is 0 Å². The first-order valence-corrected chi connectivity index (χ1v) is 1.27. The van der Waals surface area contributed by atoms with E-state index in [1.165, 1.54) is 0 Å². The SMILES string of the molecule is S=C1NO1. The molecule has 0 amide bonds. The van der Waals surface area contributed by atoms with Gasteiger partial charge in [0.2, 0.25) is 0 Å². The van der Waals surface area contributed by atoms with Crippen molar-refractivity contribution in [3.8, 4) is 0 Å². The third-order valence-electron chi connectivity index (χ3n) is 0.185. The quantitative estimate of drug-likeness (QED) is 0.320. The van der Waals surface area contributed by atoms with Crippen molar-refractivity contribution < 1.29 is 4.84 Å². The standard InChI is InChI=1S/CHNOS/c4-1-2-3-1/h(H,2,4). The lowest BCUT2D eigenvalue weighted by Crippen LogP contribution is -1.62. The second-order valence-electron chi connectivity index (χ2n) is 0.492. The summed E-state index contributed by atoms with van der Waals surface area (Å²) in [5.74, 6) is 0. The summed E-state index contributed by atoms with van der Waals surface area (Å²) in [5.41, 5.74) is 2.33. The molecule has 1 aliphatic heterocycles. The predicted molar refractivity (Wildman–Crippen MR) is 16.8 cm³/mol. The van der Waals surface area contributed by atoms with Crippen molar-refractivity contribution in [3.05, 3.63) is 0 Å². The van der Waals surface area contributed by atoms with Gasteiger partial charge in [0, 0.05) is 0 Å². The second-order valence-corrected chi connectivity index (χ2v) is 0.862. The lowest BCUT2D eigenvalue weighted by atomic mass is 11.5. The number of hydrogen-bond acceptors (Lipinski definition) is 2. The number of rotatable bonds is 0. The Morgan fingerprint density at radius 1 is 2.00 bits per heavy atom. The molecule has 0 atom stereocenters. The molecular weight excluding hydrogens is 74.1 g/mol. The van der Waals surface area contributed by atoms with E-state index in [4.69, 9.17) is 0 Å². The summed E-state index contributed by atoms with van der Waals surface area (Å²) in [6.07, 6.45) is 0. The van der Waals surface area contributed by atoms with Crippen LogP contribution in [0.5, 0.6) is 0 Å². The fourth-order valence-electron chi connectivity index (χ4n) is 0.0208. The topological polar surface area (TPSA) is 34.5 Å². The molecule has 1 fully saturated rings. The summed E-state index contributed by atoms with van der Waals surface area (Å²) in [6, 6.07) is 0. The molecule has 4 heavy (non-hydrogen) atoms. The summed E-state index contributed by atoms with van der Waals surface area (Å²) >= 11 is 4.31. The van der Waals surface area contributed by atoms with Crippen LogP contribution in [0.3, 0.4) is 0 Å². The van der Waals surface area contributed by atoms with Gasteiger partial charge in [-0.25, -0.2) is 0 Å². The molecule has 1 N–H and O–H groups in total. The van der Waals surface area contributed by atoms with Gasteiger partial charge in [0.25, 0.3) is 0 Å². The van der Waals surface area contributed by atoms with Crippen molar-refractivity contribution >= 4 is 17.4 Å². The van der Waals surface area contributed by atoms with Crippen molar-refractivity contribution in [1.82, 2.24) is 5.48 Å². The molecule has 0 aromatic rings. The van der Waals surface area contributed by atoms with Crippen molar-refractivity contribution in [2.24, 2.45) is 0 Å². The zero-order valence-corrected chi connectivity index (χ0v) is 2.63. The number of nitrogens with one attached hydrogen (secondary N) is 1. The van der Waals surface area contributed by atoms with E-state index >= 15 is 0 Å². The summed E-state index contributed by atoms with van der Waals surface area (Å²) in [4.78, 5) is 4.19. The minimum absolute atomic E-state index is 0.500. The summed E-state index contributed by atoms with van der Waals surface area (Å²) in [5, 5.41) is 0.500. The van der Waals surface area contributed by atoms with Crippen LogP contribution in [-0.2, 0) is 4.84 Å². The van der Waals surface area contributed by atoms with Crippen molar-refractivity contribution in [2.75, 3.05) is 0 Å². The molecule has 1 heterocycles. The fourth-order valence-corrected chi connectivity index (χ4v) is 0.0625. The largest absolute Gasteiger partial charge is 0.345 e. The van der Waals surface area contributed by atoms with Crippen LogP contribution in [0.2, 0.25) is 0 Å². The van der Waals surface area contributed by atoms with Gasteiger partial charge in [-0.15, -0.1) is 0 Å². The number of thiocarbonyl (C=S) groups is 1. The van der Waals surface area contributed by atoms with E-state index in [1.807, 2.05) is 0 Å². The molecular formula is CHNOS. The van der Waals surface area contributed by atoms with Gasteiger partial charge in [-0.2, -0.15) is 5.48 Å². The van der Waals surface area contributed by atoms with Crippen LogP contribution in [0.4, 0.5) is 0 Å². The second kappa shape index (κ2) is 0.349. The Kier molecular flexibility index (Phi) is 0.171. The highest BCUT2D eigenvalue weighted by Crippen LogP contribution is 1.83. The van der Waals surface area contributed by atoms with E-state index in [-0.39, 0.29) is 0 Å². The van der Waals surface area contributed by atoms with Gasteiger partial charge in [0.05, 0.1) is 0 Å². The molecule has 22 valence electrons. The van der Waals surface area contributed by atoms with E-state index in [0.29, 0.717) is 5.17 Å². The van der Waals surface area contributed by atoms with Crippen LogP contribution in [0.15, 0.2) is 0 Å². The molecule has 1 saturated heterocycles. The minimum atomic E-state index is 0.500. The van der Waals surface area contributed by atoms with Gasteiger partial charge >= 0.3 is 5.17 Å². The molecule has 0 bridgehead atoms. The van der Waals surface area contributed by atoms with Gasteiger partial charge in [0.1, 0.15) is 0 Å². The van der Waals surface area contributed by atoms with Crippen LogP contribution in [0, 0.1) is 0 Å². The Morgan fingerprint density at radius 2 is 2.25 bits per heavy atom. The number of hydroxylamine groups is 1. The fraction of sp³-hybridized carbons (Fsp3) is 0. The average molecular weight is 75.1 g/mol. The highest BCUT2D eigenvalue weighted by Gasteiger charge is 2.07. The predicted octanol–water partition coefficient (Wildman–Crippen LogP) is -0.194. The van der Waals surface area contributed by atoms with Crippen LogP contribution in [-0.4, -0.2) is 5.17 Å². The maximum absolute atomic E-state index is 4.31. The Balaban J connectivity index is 2.60. The first-order chi connectivity index (χ1) is 1.89. The third kappa shape index (κ3) is 0.111. The molecule has 0 radical (unpaired) electrons. The highest BCUT2D eigenvalue weighted by molar-refractivity contribution is 7.80. The smallest absolute Gasteiger partial charge is 0.319 e. The van der Waals surface area contributed by atoms with E-state index in [2.05, 4.69) is 22.5 Å². The summed E-state index contributed by atoms with van der Waals surface area (Å²) in [6.45, 7) is 0. The molecule has 0 aromatic heterocycles. The monoisotopic (exact) mass is 75.0 g/mol. The van der Waals surface area contributed by atoms with Crippen molar-refractivity contribution in [2.45, 2.75) is 0 Å². The normalized spacial score (nSPS) is 17.5. The molecule has 0 aromatic carbocycles. The molecule has 1 rings (SSSR count). The first-order valence-electron chi connectivity index (χ1n) is 0.862. The maximum Gasteiger partial charge on any atom is 0.319 e. The van der Waals surface area contributed by atoms with Crippen molar-refractivity contribution in [3.63, 3.8) is 0 Å². The first kappa shape index (κ1) is 1.96. The highest BCUT2D eigenvalue weighted by atomic mass is 32.1. The molecule has 0 spiro atoms. The van der Waals surface area contributed by atoms with Gasteiger partial charge in [-0.3, -0.25) is 0 Å². The van der Waals surface area contributed by atoms with E-state index in [9.17, 15) is 0 Å². The lowest BCUT2D eigenvalue weighted by Gasteiger charge is -1.28. The minimum Gasteiger partial charge on any atom is -0.345 e. The Hall–Kier alpha value is -0.310. The summed E-state index contributed by atoms with van der Waals surface area (Å²) < 4.78 is 0. The number of hydrogen-bond donors (Lipinski definition) is 1. The van der Waals surface area contributed by atoms with Crippen LogP contribution in [0.25, 0.3) is 0 Å². The molecule has 0 aliphatic carbocycles. The summed E-state index contributed by atoms with van der Waals surface area (Å²) in [7, 11) is 0. The van der Waals surface area contributed by atoms with Crippen molar-refractivity contribution in [1.29, 1.82) is 0 Å². The Bertz CT molecular complexity index is 46.0. The Labute approximate surface area is 28.7 Å². The van der Waals surface area contributed by atoms with Crippen LogP contribution in [0.1, 0.15) is 0 Å². The molecule has 0 unspecified atom stereocenters. The van der Waals surface area contributed by atoms with Gasteiger partial charge in [-0.05, 0) is 12.2 Å². The molecule has 3 heteroatoms. The van der Waals surface area contributed by atoms with Crippen LogP contribution >= 0.6 is 12.2 Å². The van der Waals surface area contributed by atoms with Gasteiger partial charge < -0.3 is 4.84 Å². The lowest BCUT2D eigenvalue weighted by molar-refractivity contribution is 0.457. The van der Waals surface area contributed by atoms with Crippen LogP contribution < -0.4 is 5.48 Å². The average Bonchev–Trinajstić information content (AvgIpc) is 1.75. The van der Waals surface area contributed by atoms with E-state index in [0.717, 1.165) is 0 Å². The third-order valence-corrected chi connectivity index (χ3v) is 0.352. The van der Waals surface area contributed by atoms with Gasteiger partial charge in [0.15, 0.2) is 0 Å². The Morgan fingerprint density at radius 3 is 2.25 bits per heavy atom. The van der Waals surface area contributed by atoms with Gasteiger partial charge in [-0.1, -0.05) is 0 Å². The zero-order chi connectivity index (χ0) is 2.99. The molecule has 0 saturated carbocycles.